The number of fused-ring (bicyclic) bond motifs is 1. The third-order valence-electron chi connectivity index (χ3n) is 12.8. The van der Waals surface area contributed by atoms with Gasteiger partial charge in [-0.25, -0.2) is 4.79 Å². The highest BCUT2D eigenvalue weighted by molar-refractivity contribution is 9.10. The molecular weight excluding hydrogens is 957 g/mol. The van der Waals surface area contributed by atoms with Crippen LogP contribution in [0, 0.1) is 35.0 Å². The third kappa shape index (κ3) is 15.4. The molecule has 16 nitrogen and oxygen atoms in total. The van der Waals surface area contributed by atoms with Gasteiger partial charge in [0.25, 0.3) is 5.91 Å². The number of amides is 6. The van der Waals surface area contributed by atoms with Crippen LogP contribution in [0.4, 0.5) is 0 Å². The van der Waals surface area contributed by atoms with Gasteiger partial charge < -0.3 is 40.0 Å². The standard InChI is InChI=1S/C53H75BrN8O8/c1-31(2)24-40-50(66)59(10)35(9)53(69)70-46(18-15-23-55)49(65)58-42(26-33(5)6)52(68)60(11)44(27-34(7)8)47(63)57-41(25-32(3)4)51(67)61(12)45(48(64)56-40)28-37-30-62(43-17-14-13-16-39(37)43)29-36-19-21-38(54)22-20-36/h13-14,16-17,19-22,30-35,40-42,44-46H,15,18,24-29H2,1-12H3,(H,56,64)(H,57,63)(H,58,65)/t35-,40-,41-,42-,44-,45-,46+/m0/s1. The van der Waals surface area contributed by atoms with E-state index in [0.29, 0.717) is 6.54 Å². The molecule has 382 valence electrons. The number of para-hydroxylation sites is 1. The second-order valence-corrected chi connectivity index (χ2v) is 21.4. The topological polar surface area (TPSA) is 203 Å². The molecule has 7 atom stereocenters. The summed E-state index contributed by atoms with van der Waals surface area (Å²) in [5.74, 6) is -5.11. The van der Waals surface area contributed by atoms with Crippen LogP contribution >= 0.6 is 15.9 Å². The Morgan fingerprint density at radius 3 is 1.63 bits per heavy atom. The number of cyclic esters (lactones) is 1. The van der Waals surface area contributed by atoms with Gasteiger partial charge in [0.1, 0.15) is 36.3 Å². The van der Waals surface area contributed by atoms with Crippen LogP contribution in [0.3, 0.4) is 0 Å². The van der Waals surface area contributed by atoms with E-state index in [1.54, 1.807) is 0 Å². The van der Waals surface area contributed by atoms with Crippen molar-refractivity contribution in [3.8, 4) is 6.07 Å². The van der Waals surface area contributed by atoms with Gasteiger partial charge in [-0.05, 0) is 85.6 Å². The Morgan fingerprint density at radius 1 is 0.643 bits per heavy atom. The third-order valence-corrected chi connectivity index (χ3v) is 13.3. The molecule has 3 N–H and O–H groups in total. The van der Waals surface area contributed by atoms with Gasteiger partial charge >= 0.3 is 5.97 Å². The van der Waals surface area contributed by atoms with Crippen molar-refractivity contribution in [3.05, 3.63) is 70.3 Å². The van der Waals surface area contributed by atoms with Crippen molar-refractivity contribution in [3.63, 3.8) is 0 Å². The lowest BCUT2D eigenvalue weighted by Gasteiger charge is -2.35. The Labute approximate surface area is 422 Å². The molecule has 1 aromatic heterocycles. The number of carbonyl (C=O) groups excluding carboxylic acids is 7. The predicted octanol–water partition coefficient (Wildman–Crippen LogP) is 6.36. The molecular formula is C53H75BrN8O8. The monoisotopic (exact) mass is 1030 g/mol. The molecule has 1 aliphatic heterocycles. The lowest BCUT2D eigenvalue weighted by molar-refractivity contribution is -0.163. The van der Waals surface area contributed by atoms with Crippen LogP contribution in [0.2, 0.25) is 0 Å². The summed E-state index contributed by atoms with van der Waals surface area (Å²) in [6.45, 7) is 17.2. The molecule has 0 saturated carbocycles. The minimum atomic E-state index is -1.50. The van der Waals surface area contributed by atoms with Gasteiger partial charge in [0.05, 0.1) is 6.07 Å². The summed E-state index contributed by atoms with van der Waals surface area (Å²) >= 11 is 3.51. The van der Waals surface area contributed by atoms with E-state index in [2.05, 4.69) is 36.4 Å². The average molecular weight is 1030 g/mol. The number of benzene rings is 2. The van der Waals surface area contributed by atoms with E-state index >= 15 is 9.59 Å². The second-order valence-electron chi connectivity index (χ2n) is 20.5. The Hall–Kier alpha value is -5.76. The van der Waals surface area contributed by atoms with Crippen LogP contribution < -0.4 is 16.0 Å². The molecule has 4 rings (SSSR count). The van der Waals surface area contributed by atoms with Crippen LogP contribution in [0.1, 0.15) is 112 Å². The van der Waals surface area contributed by atoms with Crippen molar-refractivity contribution >= 4 is 68.2 Å². The van der Waals surface area contributed by atoms with Crippen LogP contribution in [0.15, 0.2) is 59.2 Å². The maximum absolute atomic E-state index is 15.1. The maximum atomic E-state index is 15.1. The van der Waals surface area contributed by atoms with E-state index in [0.717, 1.165) is 31.4 Å². The van der Waals surface area contributed by atoms with Gasteiger partial charge in [0.15, 0.2) is 6.10 Å². The minimum Gasteiger partial charge on any atom is -0.451 e. The highest BCUT2D eigenvalue weighted by Crippen LogP contribution is 2.27. The van der Waals surface area contributed by atoms with Crippen molar-refractivity contribution in [2.24, 2.45) is 23.7 Å². The largest absolute Gasteiger partial charge is 0.451 e. The molecule has 6 amide bonds. The molecule has 17 heteroatoms. The van der Waals surface area contributed by atoms with Crippen LogP contribution in [-0.4, -0.2) is 124 Å². The first-order chi connectivity index (χ1) is 32.9. The zero-order valence-corrected chi connectivity index (χ0v) is 44.7. The summed E-state index contributed by atoms with van der Waals surface area (Å²) in [7, 11) is 4.41. The van der Waals surface area contributed by atoms with Gasteiger partial charge in [-0.1, -0.05) is 102 Å². The number of rotatable bonds is 14. The van der Waals surface area contributed by atoms with Gasteiger partial charge in [0.2, 0.25) is 29.5 Å². The fourth-order valence-electron chi connectivity index (χ4n) is 8.85. The summed E-state index contributed by atoms with van der Waals surface area (Å²) in [6, 6.07) is 10.8. The first-order valence-electron chi connectivity index (χ1n) is 24.5. The molecule has 0 spiro atoms. The Bertz CT molecular complexity index is 2360. The Morgan fingerprint density at radius 2 is 1.11 bits per heavy atom. The highest BCUT2D eigenvalue weighted by atomic mass is 79.9. The van der Waals surface area contributed by atoms with Crippen LogP contribution in [-0.2, 0) is 51.3 Å². The summed E-state index contributed by atoms with van der Waals surface area (Å²) in [5, 5.41) is 19.1. The van der Waals surface area contributed by atoms with Crippen LogP contribution in [0.5, 0.6) is 0 Å². The molecule has 0 bridgehead atoms. The van der Waals surface area contributed by atoms with Crippen molar-refractivity contribution in [1.29, 1.82) is 5.26 Å². The predicted molar refractivity (Wildman–Crippen MR) is 273 cm³/mol. The lowest BCUT2D eigenvalue weighted by atomic mass is 9.96. The van der Waals surface area contributed by atoms with Crippen LogP contribution in [0.25, 0.3) is 10.9 Å². The first kappa shape index (κ1) is 56.8. The number of ether oxygens (including phenoxy) is 1. The fraction of sp³-hybridized carbons (Fsp3) is 0.585. The number of nitriles is 1. The SMILES string of the molecule is CC(C)C[C@@H]1NC(=O)[C@H](Cc2cn(Cc3ccc(Br)cc3)c3ccccc23)N(C)C(=O)[C@H](CC(C)C)NC(=O)[C@H](CC(C)C)N(C)C(=O)[C@H](CC(C)C)NC(=O)[C@@H](CCC#N)OC(=O)[C@H](C)N(C)C1=O. The molecule has 2 heterocycles. The average Bonchev–Trinajstić information content (AvgIpc) is 3.64. The van der Waals surface area contributed by atoms with Crippen molar-refractivity contribution < 1.29 is 38.3 Å². The van der Waals surface area contributed by atoms with E-state index < -0.39 is 83.8 Å². The van der Waals surface area contributed by atoms with E-state index in [4.69, 9.17) is 4.74 Å². The van der Waals surface area contributed by atoms with Gasteiger partial charge in [-0.3, -0.25) is 28.8 Å². The molecule has 2 aromatic carbocycles. The number of hydrogen-bond donors (Lipinski definition) is 3. The smallest absolute Gasteiger partial charge is 0.329 e. The number of hydrogen-bond acceptors (Lipinski definition) is 9. The number of likely N-dealkylation sites (N-methyl/N-ethyl adjacent to an activating group) is 3. The van der Waals surface area contributed by atoms with Crippen molar-refractivity contribution in [1.82, 2.24) is 35.2 Å². The number of halogens is 1. The normalized spacial score (nSPS) is 23.2. The zero-order chi connectivity index (χ0) is 52.1. The molecule has 3 aromatic rings. The number of nitrogens with one attached hydrogen (secondary N) is 3. The van der Waals surface area contributed by atoms with Crippen molar-refractivity contribution in [2.45, 2.75) is 156 Å². The molecule has 1 aliphatic rings. The number of nitrogens with zero attached hydrogens (tertiary/aromatic N) is 5. The zero-order valence-electron chi connectivity index (χ0n) is 43.1. The highest BCUT2D eigenvalue weighted by Gasteiger charge is 2.40. The lowest BCUT2D eigenvalue weighted by Crippen LogP contribution is -2.60. The van der Waals surface area contributed by atoms with Gasteiger partial charge in [-0.15, -0.1) is 0 Å². The summed E-state index contributed by atoms with van der Waals surface area (Å²) < 4.78 is 8.79. The second kappa shape index (κ2) is 25.9. The van der Waals surface area contributed by atoms with E-state index in [9.17, 15) is 29.2 Å². The van der Waals surface area contributed by atoms with Gasteiger partial charge in [0, 0.05) is 68.5 Å². The molecule has 0 unspecified atom stereocenters. The van der Waals surface area contributed by atoms with E-state index in [1.165, 1.54) is 37.9 Å². The fourth-order valence-corrected chi connectivity index (χ4v) is 9.12. The Kier molecular flexibility index (Phi) is 21.0. The molecule has 0 aliphatic carbocycles. The molecule has 70 heavy (non-hydrogen) atoms. The summed E-state index contributed by atoms with van der Waals surface area (Å²) in [4.78, 5) is 106. The Balaban J connectivity index is 1.92. The molecule has 1 fully saturated rings. The molecule has 0 radical (unpaired) electrons. The van der Waals surface area contributed by atoms with Crippen molar-refractivity contribution in [2.75, 3.05) is 21.1 Å². The number of carbonyl (C=O) groups is 7. The van der Waals surface area contributed by atoms with Gasteiger partial charge in [-0.2, -0.15) is 5.26 Å². The maximum Gasteiger partial charge on any atom is 0.329 e. The summed E-state index contributed by atoms with van der Waals surface area (Å²) in [6.07, 6.45) is 0.900. The minimum absolute atomic E-state index is 0.0288. The summed E-state index contributed by atoms with van der Waals surface area (Å²) in [5.41, 5.74) is 2.72. The first-order valence-corrected chi connectivity index (χ1v) is 25.3. The quantitative estimate of drug-likeness (QED) is 0.154. The molecule has 1 saturated heterocycles. The van der Waals surface area contributed by atoms with E-state index in [1.807, 2.05) is 116 Å². The number of esters is 1. The van der Waals surface area contributed by atoms with E-state index in [-0.39, 0.29) is 68.6 Å². The number of aromatic nitrogens is 1.